The fourth-order valence-corrected chi connectivity index (χ4v) is 2.12. The predicted molar refractivity (Wildman–Crippen MR) is 86.4 cm³/mol. The molecule has 122 valence electrons. The van der Waals surface area contributed by atoms with Crippen molar-refractivity contribution in [2.45, 2.75) is 19.4 Å². The highest BCUT2D eigenvalue weighted by molar-refractivity contribution is 5.73. The lowest BCUT2D eigenvalue weighted by molar-refractivity contribution is -0.145. The zero-order valence-electron chi connectivity index (χ0n) is 13.2. The zero-order chi connectivity index (χ0) is 16.7. The highest BCUT2D eigenvalue weighted by Gasteiger charge is 2.20. The van der Waals surface area contributed by atoms with Gasteiger partial charge in [0.2, 0.25) is 0 Å². The minimum atomic E-state index is -1.01. The molecule has 5 heteroatoms. The van der Waals surface area contributed by atoms with E-state index in [4.69, 9.17) is 14.2 Å². The van der Waals surface area contributed by atoms with E-state index >= 15 is 0 Å². The van der Waals surface area contributed by atoms with E-state index in [1.807, 2.05) is 31.2 Å². The average molecular weight is 316 g/mol. The molecule has 1 atom stereocenters. The van der Waals surface area contributed by atoms with Crippen LogP contribution in [0.25, 0.3) is 0 Å². The molecule has 0 aliphatic rings. The van der Waals surface area contributed by atoms with Crippen LogP contribution in [-0.4, -0.2) is 30.9 Å². The molecule has 5 nitrogen and oxygen atoms in total. The van der Waals surface area contributed by atoms with E-state index in [2.05, 4.69) is 0 Å². The zero-order valence-corrected chi connectivity index (χ0v) is 13.2. The number of hydrogen-bond donors (Lipinski definition) is 1. The summed E-state index contributed by atoms with van der Waals surface area (Å²) in [6.45, 7) is 2.51. The van der Waals surface area contributed by atoms with Crippen LogP contribution in [0.15, 0.2) is 48.5 Å². The van der Waals surface area contributed by atoms with Crippen molar-refractivity contribution >= 4 is 5.97 Å². The molecule has 0 unspecified atom stereocenters. The van der Waals surface area contributed by atoms with Gasteiger partial charge in [0.1, 0.15) is 17.2 Å². The third-order valence-electron chi connectivity index (χ3n) is 3.25. The van der Waals surface area contributed by atoms with Crippen molar-refractivity contribution in [2.75, 3.05) is 13.7 Å². The first-order valence-electron chi connectivity index (χ1n) is 7.37. The van der Waals surface area contributed by atoms with Crippen LogP contribution in [0, 0.1) is 0 Å². The van der Waals surface area contributed by atoms with Crippen molar-refractivity contribution in [3.05, 3.63) is 54.1 Å². The summed E-state index contributed by atoms with van der Waals surface area (Å²) in [7, 11) is 1.55. The molecule has 1 N–H and O–H groups in total. The van der Waals surface area contributed by atoms with Crippen molar-refractivity contribution in [2.24, 2.45) is 0 Å². The van der Waals surface area contributed by atoms with Crippen LogP contribution in [0.2, 0.25) is 0 Å². The highest BCUT2D eigenvalue weighted by atomic mass is 16.5. The van der Waals surface area contributed by atoms with Gasteiger partial charge in [-0.25, -0.2) is 4.79 Å². The van der Waals surface area contributed by atoms with E-state index in [9.17, 15) is 9.90 Å². The molecule has 0 aliphatic heterocycles. The Bertz CT molecular complexity index is 636. The average Bonchev–Trinajstić information content (AvgIpc) is 2.56. The number of methoxy groups -OCH3 is 1. The largest absolute Gasteiger partial charge is 0.497 e. The number of aliphatic carboxylic acids is 1. The van der Waals surface area contributed by atoms with Gasteiger partial charge in [-0.3, -0.25) is 0 Å². The van der Waals surface area contributed by atoms with Gasteiger partial charge in [0.05, 0.1) is 13.7 Å². The fourth-order valence-electron chi connectivity index (χ4n) is 2.12. The lowest BCUT2D eigenvalue weighted by Crippen LogP contribution is -2.29. The molecule has 2 rings (SSSR count). The van der Waals surface area contributed by atoms with Crippen LogP contribution >= 0.6 is 0 Å². The van der Waals surface area contributed by atoms with Gasteiger partial charge in [0, 0.05) is 12.5 Å². The van der Waals surface area contributed by atoms with E-state index in [1.165, 1.54) is 0 Å². The number of benzene rings is 2. The second kappa shape index (κ2) is 8.08. The minimum absolute atomic E-state index is 0.263. The number of carbonyl (C=O) groups is 1. The van der Waals surface area contributed by atoms with Gasteiger partial charge < -0.3 is 19.3 Å². The molecule has 0 spiro atoms. The number of rotatable bonds is 8. The summed E-state index contributed by atoms with van der Waals surface area (Å²) < 4.78 is 16.1. The first-order valence-corrected chi connectivity index (χ1v) is 7.37. The second-order valence-corrected chi connectivity index (χ2v) is 4.90. The maximum absolute atomic E-state index is 11.5. The Morgan fingerprint density at radius 2 is 1.78 bits per heavy atom. The van der Waals surface area contributed by atoms with E-state index in [-0.39, 0.29) is 6.42 Å². The number of hydrogen-bond acceptors (Lipinski definition) is 4. The van der Waals surface area contributed by atoms with Crippen molar-refractivity contribution in [1.82, 2.24) is 0 Å². The van der Waals surface area contributed by atoms with Crippen LogP contribution < -0.4 is 14.2 Å². The number of carboxylic acid groups (broad SMARTS) is 1. The Kier molecular flexibility index (Phi) is 5.86. The van der Waals surface area contributed by atoms with Crippen molar-refractivity contribution in [1.29, 1.82) is 0 Å². The van der Waals surface area contributed by atoms with Gasteiger partial charge in [0.15, 0.2) is 6.10 Å². The maximum Gasteiger partial charge on any atom is 0.345 e. The van der Waals surface area contributed by atoms with Crippen molar-refractivity contribution in [3.8, 4) is 17.2 Å². The van der Waals surface area contributed by atoms with E-state index in [0.29, 0.717) is 18.1 Å². The van der Waals surface area contributed by atoms with Gasteiger partial charge in [-0.1, -0.05) is 18.2 Å². The summed E-state index contributed by atoms with van der Waals surface area (Å²) in [5.41, 5.74) is 0.865. The lowest BCUT2D eigenvalue weighted by Gasteiger charge is -2.16. The molecule has 0 bridgehead atoms. The number of carboxylic acids is 1. The third kappa shape index (κ3) is 4.92. The normalized spacial score (nSPS) is 11.6. The molecule has 0 radical (unpaired) electrons. The fraction of sp³-hybridized carbons (Fsp3) is 0.278. The molecule has 0 fully saturated rings. The third-order valence-corrected chi connectivity index (χ3v) is 3.25. The summed E-state index contributed by atoms with van der Waals surface area (Å²) in [6, 6.07) is 14.2. The molecule has 0 aliphatic carbocycles. The topological polar surface area (TPSA) is 65.0 Å². The van der Waals surface area contributed by atoms with Crippen LogP contribution in [0.1, 0.15) is 12.5 Å². The van der Waals surface area contributed by atoms with Crippen LogP contribution in [0.5, 0.6) is 17.2 Å². The second-order valence-electron chi connectivity index (χ2n) is 4.90. The Balaban J connectivity index is 2.07. The quantitative estimate of drug-likeness (QED) is 0.810. The molecule has 0 saturated carbocycles. The summed E-state index contributed by atoms with van der Waals surface area (Å²) in [5.74, 6) is 0.828. The predicted octanol–water partition coefficient (Wildman–Crippen LogP) is 3.17. The minimum Gasteiger partial charge on any atom is -0.497 e. The Morgan fingerprint density at radius 3 is 2.39 bits per heavy atom. The van der Waals surface area contributed by atoms with Crippen LogP contribution in [0.4, 0.5) is 0 Å². The molecule has 0 aromatic heterocycles. The maximum atomic E-state index is 11.5. The van der Waals surface area contributed by atoms with Gasteiger partial charge in [-0.15, -0.1) is 0 Å². The molecule has 0 heterocycles. The van der Waals surface area contributed by atoms with Gasteiger partial charge in [-0.2, -0.15) is 0 Å². The molecule has 2 aromatic carbocycles. The monoisotopic (exact) mass is 316 g/mol. The lowest BCUT2D eigenvalue weighted by atomic mass is 10.1. The SMILES string of the molecule is CCOc1ccc(C[C@H](Oc2cccc(OC)c2)C(=O)O)cc1. The summed E-state index contributed by atoms with van der Waals surface area (Å²) >= 11 is 0. The summed E-state index contributed by atoms with van der Waals surface area (Å²) in [6.07, 6.45) is -0.709. The van der Waals surface area contributed by atoms with E-state index < -0.39 is 12.1 Å². The highest BCUT2D eigenvalue weighted by Crippen LogP contribution is 2.21. The van der Waals surface area contributed by atoms with Crippen molar-refractivity contribution < 1.29 is 24.1 Å². The van der Waals surface area contributed by atoms with Gasteiger partial charge >= 0.3 is 5.97 Å². The van der Waals surface area contributed by atoms with Gasteiger partial charge in [-0.05, 0) is 36.8 Å². The molecular formula is C18H20O5. The van der Waals surface area contributed by atoms with Gasteiger partial charge in [0.25, 0.3) is 0 Å². The standard InChI is InChI=1S/C18H20O5/c1-3-22-14-9-7-13(8-10-14)11-17(18(19)20)23-16-6-4-5-15(12-16)21-2/h4-10,12,17H,3,11H2,1-2H3,(H,19,20)/t17-/m0/s1. The Hall–Kier alpha value is -2.69. The van der Waals surface area contributed by atoms with Crippen LogP contribution in [-0.2, 0) is 11.2 Å². The molecule has 0 saturated heterocycles. The first kappa shape index (κ1) is 16.7. The molecule has 2 aromatic rings. The van der Waals surface area contributed by atoms with Crippen molar-refractivity contribution in [3.63, 3.8) is 0 Å². The summed E-state index contributed by atoms with van der Waals surface area (Å²) in [5, 5.41) is 9.38. The Morgan fingerprint density at radius 1 is 1.09 bits per heavy atom. The van der Waals surface area contributed by atoms with Crippen LogP contribution in [0.3, 0.4) is 0 Å². The van der Waals surface area contributed by atoms with E-state index in [0.717, 1.165) is 11.3 Å². The number of ether oxygens (including phenoxy) is 3. The summed E-state index contributed by atoms with van der Waals surface area (Å²) in [4.78, 5) is 11.5. The molecular weight excluding hydrogens is 296 g/mol. The molecule has 0 amide bonds. The Labute approximate surface area is 135 Å². The van der Waals surface area contributed by atoms with E-state index in [1.54, 1.807) is 31.4 Å². The first-order chi connectivity index (χ1) is 11.1. The smallest absolute Gasteiger partial charge is 0.345 e. The molecule has 23 heavy (non-hydrogen) atoms.